The lowest BCUT2D eigenvalue weighted by Crippen LogP contribution is -2.45. The Morgan fingerprint density at radius 1 is 1.41 bits per heavy atom. The largest absolute Gasteiger partial charge is 0.383 e. The van der Waals surface area contributed by atoms with Crippen molar-refractivity contribution in [3.63, 3.8) is 0 Å². The van der Waals surface area contributed by atoms with Crippen LogP contribution in [0.3, 0.4) is 0 Å². The Bertz CT molecular complexity index is 315. The van der Waals surface area contributed by atoms with Gasteiger partial charge in [-0.2, -0.15) is 0 Å². The van der Waals surface area contributed by atoms with Gasteiger partial charge in [0.05, 0.1) is 6.10 Å². The predicted octanol–water partition coefficient (Wildman–Crippen LogP) is 1.83. The van der Waals surface area contributed by atoms with E-state index in [1.807, 2.05) is 27.7 Å². The molecule has 0 aromatic carbocycles. The highest BCUT2D eigenvalue weighted by molar-refractivity contribution is 5.07. The molecule has 2 saturated heterocycles. The minimum absolute atomic E-state index is 0.0738. The van der Waals surface area contributed by atoms with Crippen molar-refractivity contribution in [1.82, 2.24) is 0 Å². The molecule has 0 bridgehead atoms. The third-order valence-corrected chi connectivity index (χ3v) is 3.78. The fourth-order valence-electron chi connectivity index (χ4n) is 2.69. The molecule has 0 aromatic rings. The average Bonchev–Trinajstić information content (AvgIpc) is 2.73. The third-order valence-electron chi connectivity index (χ3n) is 3.78. The third kappa shape index (κ3) is 2.03. The Morgan fingerprint density at radius 2 is 2.06 bits per heavy atom. The van der Waals surface area contributed by atoms with Gasteiger partial charge >= 0.3 is 0 Å². The molecule has 2 aliphatic heterocycles. The van der Waals surface area contributed by atoms with Gasteiger partial charge in [0.15, 0.2) is 12.1 Å². The molecule has 98 valence electrons. The zero-order chi connectivity index (χ0) is 12.8. The van der Waals surface area contributed by atoms with E-state index in [0.717, 1.165) is 0 Å². The van der Waals surface area contributed by atoms with E-state index in [0.29, 0.717) is 6.42 Å². The highest BCUT2D eigenvalue weighted by Crippen LogP contribution is 2.44. The number of aliphatic hydroxyl groups is 1. The summed E-state index contributed by atoms with van der Waals surface area (Å²) in [6.07, 6.45) is 1.29. The Kier molecular flexibility index (Phi) is 3.11. The number of ether oxygens (including phenoxy) is 3. The van der Waals surface area contributed by atoms with Crippen LogP contribution in [0.2, 0.25) is 0 Å². The molecule has 0 spiro atoms. The minimum atomic E-state index is -1.01. The molecule has 0 aromatic heterocycles. The van der Waals surface area contributed by atoms with Gasteiger partial charge in [0.2, 0.25) is 0 Å². The fraction of sp³-hybridized carbons (Fsp3) is 0.846. The zero-order valence-corrected chi connectivity index (χ0v) is 11.0. The summed E-state index contributed by atoms with van der Waals surface area (Å²) in [5, 5.41) is 10.4. The van der Waals surface area contributed by atoms with Gasteiger partial charge in [0, 0.05) is 5.92 Å². The van der Waals surface area contributed by atoms with E-state index >= 15 is 0 Å². The Hall–Kier alpha value is -0.420. The van der Waals surface area contributed by atoms with E-state index in [2.05, 4.69) is 6.58 Å². The van der Waals surface area contributed by atoms with Crippen LogP contribution in [-0.2, 0) is 14.2 Å². The normalized spacial score (nSPS) is 43.1. The monoisotopic (exact) mass is 242 g/mol. The van der Waals surface area contributed by atoms with E-state index in [4.69, 9.17) is 14.2 Å². The summed E-state index contributed by atoms with van der Waals surface area (Å²) in [5.41, 5.74) is -1.01. The smallest absolute Gasteiger partial charge is 0.187 e. The van der Waals surface area contributed by atoms with Crippen molar-refractivity contribution >= 4 is 0 Å². The molecule has 2 fully saturated rings. The van der Waals surface area contributed by atoms with Crippen LogP contribution in [-0.4, -0.2) is 35.0 Å². The Balaban J connectivity index is 2.15. The fourth-order valence-corrected chi connectivity index (χ4v) is 2.69. The van der Waals surface area contributed by atoms with Gasteiger partial charge in [0.1, 0.15) is 11.7 Å². The number of rotatable bonds is 3. The van der Waals surface area contributed by atoms with Crippen molar-refractivity contribution in [3.8, 4) is 0 Å². The predicted molar refractivity (Wildman–Crippen MR) is 63.3 cm³/mol. The van der Waals surface area contributed by atoms with Crippen LogP contribution in [0.5, 0.6) is 0 Å². The summed E-state index contributed by atoms with van der Waals surface area (Å²) in [6.45, 7) is 11.4. The zero-order valence-electron chi connectivity index (χ0n) is 11.0. The van der Waals surface area contributed by atoms with E-state index < -0.39 is 11.4 Å². The second kappa shape index (κ2) is 4.05. The van der Waals surface area contributed by atoms with Crippen LogP contribution in [0.1, 0.15) is 34.1 Å². The quantitative estimate of drug-likeness (QED) is 0.767. The molecule has 2 rings (SSSR count). The van der Waals surface area contributed by atoms with Crippen LogP contribution in [0.15, 0.2) is 12.7 Å². The van der Waals surface area contributed by atoms with Crippen molar-refractivity contribution in [2.24, 2.45) is 5.92 Å². The number of fused-ring (bicyclic) bond motifs is 1. The molecule has 1 N–H and O–H groups in total. The summed E-state index contributed by atoms with van der Waals surface area (Å²) < 4.78 is 17.3. The molecule has 2 heterocycles. The molecule has 0 saturated carbocycles. The van der Waals surface area contributed by atoms with Crippen LogP contribution in [0, 0.1) is 5.92 Å². The Morgan fingerprint density at radius 3 is 2.53 bits per heavy atom. The first-order valence-electron chi connectivity index (χ1n) is 6.20. The van der Waals surface area contributed by atoms with E-state index in [1.165, 1.54) is 0 Å². The van der Waals surface area contributed by atoms with Crippen LogP contribution < -0.4 is 0 Å². The average molecular weight is 242 g/mol. The van der Waals surface area contributed by atoms with Crippen molar-refractivity contribution in [3.05, 3.63) is 12.7 Å². The maximum Gasteiger partial charge on any atom is 0.187 e. The first-order valence-corrected chi connectivity index (χ1v) is 6.20. The van der Waals surface area contributed by atoms with Crippen molar-refractivity contribution < 1.29 is 19.3 Å². The topological polar surface area (TPSA) is 47.9 Å². The van der Waals surface area contributed by atoms with Crippen molar-refractivity contribution in [2.75, 3.05) is 0 Å². The number of hydrogen-bond acceptors (Lipinski definition) is 4. The van der Waals surface area contributed by atoms with Gasteiger partial charge in [-0.3, -0.25) is 0 Å². The lowest BCUT2D eigenvalue weighted by molar-refractivity contribution is -0.227. The van der Waals surface area contributed by atoms with E-state index in [1.54, 1.807) is 6.08 Å². The van der Waals surface area contributed by atoms with Gasteiger partial charge in [-0.05, 0) is 20.3 Å². The summed E-state index contributed by atoms with van der Waals surface area (Å²) in [4.78, 5) is 0. The molecule has 0 radical (unpaired) electrons. The molecule has 0 unspecified atom stereocenters. The summed E-state index contributed by atoms with van der Waals surface area (Å²) in [6, 6.07) is 0. The standard InChI is InChI=1S/C13H22O4/c1-6-13(14,7-2)10-8(3)9-11(15-10)17-12(4,5)16-9/h6,8-11,14H,1,7H2,2-5H3/t8-,9-,10-,11-,13-/m1/s1. The van der Waals surface area contributed by atoms with Crippen LogP contribution >= 0.6 is 0 Å². The van der Waals surface area contributed by atoms with Gasteiger partial charge in [-0.15, -0.1) is 6.58 Å². The minimum Gasteiger partial charge on any atom is -0.383 e. The van der Waals surface area contributed by atoms with E-state index in [9.17, 15) is 5.11 Å². The van der Waals surface area contributed by atoms with Crippen LogP contribution in [0.25, 0.3) is 0 Å². The highest BCUT2D eigenvalue weighted by atomic mass is 16.8. The maximum atomic E-state index is 10.4. The van der Waals surface area contributed by atoms with Gasteiger partial charge in [-0.1, -0.05) is 19.9 Å². The molecular formula is C13H22O4. The van der Waals surface area contributed by atoms with Crippen molar-refractivity contribution in [2.45, 2.75) is 64.0 Å². The van der Waals surface area contributed by atoms with Gasteiger partial charge in [-0.25, -0.2) is 0 Å². The summed E-state index contributed by atoms with van der Waals surface area (Å²) in [5.74, 6) is -0.530. The summed E-state index contributed by atoms with van der Waals surface area (Å²) >= 11 is 0. The molecular weight excluding hydrogens is 220 g/mol. The van der Waals surface area contributed by atoms with Gasteiger partial charge in [0.25, 0.3) is 0 Å². The summed E-state index contributed by atoms with van der Waals surface area (Å²) in [7, 11) is 0. The first-order chi connectivity index (χ1) is 7.83. The molecule has 4 nitrogen and oxygen atoms in total. The van der Waals surface area contributed by atoms with E-state index in [-0.39, 0.29) is 24.4 Å². The molecule has 17 heavy (non-hydrogen) atoms. The Labute approximate surface area is 103 Å². The lowest BCUT2D eigenvalue weighted by atomic mass is 9.85. The molecule has 2 aliphatic rings. The molecule has 0 amide bonds. The van der Waals surface area contributed by atoms with Crippen molar-refractivity contribution in [1.29, 1.82) is 0 Å². The SMILES string of the molecule is C=C[C@@](O)(CC)[C@@H]1O[C@@H]2OC(C)(C)O[C@@H]2[C@H]1C. The molecule has 5 atom stereocenters. The first kappa shape index (κ1) is 13.0. The second-order valence-electron chi connectivity index (χ2n) is 5.43. The van der Waals surface area contributed by atoms with Crippen LogP contribution in [0.4, 0.5) is 0 Å². The lowest BCUT2D eigenvalue weighted by Gasteiger charge is -2.33. The maximum absolute atomic E-state index is 10.4. The number of hydrogen-bond donors (Lipinski definition) is 1. The molecule has 0 aliphatic carbocycles. The van der Waals surface area contributed by atoms with Gasteiger partial charge < -0.3 is 19.3 Å². The second-order valence-corrected chi connectivity index (χ2v) is 5.43. The highest BCUT2D eigenvalue weighted by Gasteiger charge is 2.57. The molecule has 4 heteroatoms.